The Hall–Kier alpha value is -2.28. The number of phenolic OH excluding ortho intramolecular Hbond substituents is 1. The second-order valence-electron chi connectivity index (χ2n) is 7.02. The molecule has 28 heavy (non-hydrogen) atoms. The lowest BCUT2D eigenvalue weighted by Crippen LogP contribution is -2.27. The van der Waals surface area contributed by atoms with Gasteiger partial charge in [-0.2, -0.15) is 0 Å². The minimum absolute atomic E-state index is 0.0656. The summed E-state index contributed by atoms with van der Waals surface area (Å²) in [6.45, 7) is 4.42. The number of hydrogen-bond acceptors (Lipinski definition) is 7. The summed E-state index contributed by atoms with van der Waals surface area (Å²) in [5, 5.41) is 19.1. The first kappa shape index (κ1) is 23.8. The van der Waals surface area contributed by atoms with Gasteiger partial charge >= 0.3 is 11.9 Å². The highest BCUT2D eigenvalue weighted by molar-refractivity contribution is 5.66. The van der Waals surface area contributed by atoms with E-state index in [0.29, 0.717) is 44.3 Å². The van der Waals surface area contributed by atoms with Crippen LogP contribution < -0.4 is 4.74 Å². The van der Waals surface area contributed by atoms with Crippen LogP contribution in [0, 0.1) is 0 Å². The molecule has 0 bridgehead atoms. The molecule has 0 spiro atoms. The van der Waals surface area contributed by atoms with Gasteiger partial charge in [-0.3, -0.25) is 9.59 Å². The van der Waals surface area contributed by atoms with E-state index in [1.54, 1.807) is 25.1 Å². The first-order valence-electron chi connectivity index (χ1n) is 9.59. The molecule has 7 heteroatoms. The zero-order valence-electron chi connectivity index (χ0n) is 17.1. The Morgan fingerprint density at radius 2 is 1.64 bits per heavy atom. The fourth-order valence-corrected chi connectivity index (χ4v) is 3.06. The summed E-state index contributed by atoms with van der Waals surface area (Å²) in [5.74, 6) is -0.320. The molecule has 0 aliphatic carbocycles. The Morgan fingerprint density at radius 3 is 2.18 bits per heavy atom. The van der Waals surface area contributed by atoms with E-state index in [1.807, 2.05) is 0 Å². The number of aliphatic hydroxyl groups is 1. The van der Waals surface area contributed by atoms with Gasteiger partial charge in [0.2, 0.25) is 0 Å². The highest BCUT2D eigenvalue weighted by Gasteiger charge is 2.21. The molecule has 1 aromatic rings. The van der Waals surface area contributed by atoms with Crippen molar-refractivity contribution in [1.29, 1.82) is 0 Å². The topological polar surface area (TPSA) is 102 Å². The number of phenols is 1. The second kappa shape index (κ2) is 12.2. The molecule has 0 saturated carbocycles. The van der Waals surface area contributed by atoms with Crippen LogP contribution in [0.5, 0.6) is 11.5 Å². The molecule has 1 rings (SSSR count). The number of hydrogen-bond donors (Lipinski definition) is 2. The quantitative estimate of drug-likeness (QED) is 0.523. The van der Waals surface area contributed by atoms with E-state index in [9.17, 15) is 19.8 Å². The molecule has 0 aromatic heterocycles. The van der Waals surface area contributed by atoms with Crippen LogP contribution in [0.2, 0.25) is 0 Å². The number of carbonyl (C=O) groups excluding carboxylic acids is 2. The monoisotopic (exact) mass is 396 g/mol. The summed E-state index contributed by atoms with van der Waals surface area (Å²) in [7, 11) is 1.48. The maximum atomic E-state index is 11.5. The molecule has 7 nitrogen and oxygen atoms in total. The second-order valence-corrected chi connectivity index (χ2v) is 7.02. The number of rotatable bonds is 12. The minimum atomic E-state index is -0.410. The number of methoxy groups -OCH3 is 1. The number of esters is 2. The third kappa shape index (κ3) is 9.60. The van der Waals surface area contributed by atoms with Gasteiger partial charge in [-0.15, -0.1) is 0 Å². The molecule has 0 saturated heterocycles. The SMILES string of the molecule is COc1cc(CCC(CC(CCCC(C)O)OC(C)=O)OC(C)=O)ccc1O. The van der Waals surface area contributed by atoms with Crippen molar-refractivity contribution in [3.8, 4) is 11.5 Å². The van der Waals surface area contributed by atoms with Crippen LogP contribution in [0.1, 0.15) is 58.4 Å². The molecule has 1 aromatic carbocycles. The van der Waals surface area contributed by atoms with E-state index >= 15 is 0 Å². The average Bonchev–Trinajstić information content (AvgIpc) is 2.59. The van der Waals surface area contributed by atoms with Gasteiger partial charge in [-0.1, -0.05) is 6.07 Å². The number of benzene rings is 1. The van der Waals surface area contributed by atoms with Crippen molar-refractivity contribution in [3.05, 3.63) is 23.8 Å². The Bertz CT molecular complexity index is 627. The number of ether oxygens (including phenoxy) is 3. The highest BCUT2D eigenvalue weighted by atomic mass is 16.6. The Balaban J connectivity index is 2.74. The molecule has 3 unspecified atom stereocenters. The standard InChI is InChI=1S/C21H32O7/c1-14(22)6-5-7-18(27-15(2)23)13-19(28-16(3)24)10-8-17-9-11-20(25)21(12-17)26-4/h9,11-12,14,18-19,22,25H,5-8,10,13H2,1-4H3. The zero-order valence-corrected chi connectivity index (χ0v) is 17.1. The van der Waals surface area contributed by atoms with Gasteiger partial charge in [0.1, 0.15) is 12.2 Å². The molecule has 0 aliphatic heterocycles. The van der Waals surface area contributed by atoms with Crippen LogP contribution in [0.25, 0.3) is 0 Å². The first-order valence-corrected chi connectivity index (χ1v) is 9.59. The Labute approximate surface area is 166 Å². The van der Waals surface area contributed by atoms with Crippen molar-refractivity contribution in [2.45, 2.75) is 77.6 Å². The van der Waals surface area contributed by atoms with Crippen molar-refractivity contribution >= 4 is 11.9 Å². The lowest BCUT2D eigenvalue weighted by Gasteiger charge is -2.24. The molecule has 0 heterocycles. The van der Waals surface area contributed by atoms with Crippen molar-refractivity contribution < 1.29 is 34.0 Å². The summed E-state index contributed by atoms with van der Waals surface area (Å²) in [6, 6.07) is 5.09. The van der Waals surface area contributed by atoms with Gasteiger partial charge in [-0.25, -0.2) is 0 Å². The van der Waals surface area contributed by atoms with Crippen LogP contribution in [-0.4, -0.2) is 47.6 Å². The van der Waals surface area contributed by atoms with Crippen LogP contribution in [0.3, 0.4) is 0 Å². The largest absolute Gasteiger partial charge is 0.504 e. The van der Waals surface area contributed by atoms with Gasteiger partial charge in [0.05, 0.1) is 13.2 Å². The number of aryl methyl sites for hydroxylation is 1. The third-order valence-corrected chi connectivity index (χ3v) is 4.34. The van der Waals surface area contributed by atoms with Crippen LogP contribution in [-0.2, 0) is 25.5 Å². The Morgan fingerprint density at radius 1 is 1.04 bits per heavy atom. The first-order chi connectivity index (χ1) is 13.2. The molecule has 0 fully saturated rings. The van der Waals surface area contributed by atoms with Crippen molar-refractivity contribution in [3.63, 3.8) is 0 Å². The number of carbonyl (C=O) groups is 2. The van der Waals surface area contributed by atoms with Crippen molar-refractivity contribution in [1.82, 2.24) is 0 Å². The van der Waals surface area contributed by atoms with Gasteiger partial charge < -0.3 is 24.4 Å². The van der Waals surface area contributed by atoms with Crippen molar-refractivity contribution in [2.24, 2.45) is 0 Å². The Kier molecular flexibility index (Phi) is 10.4. The van der Waals surface area contributed by atoms with Crippen LogP contribution in [0.15, 0.2) is 18.2 Å². The van der Waals surface area contributed by atoms with Gasteiger partial charge in [0, 0.05) is 20.3 Å². The minimum Gasteiger partial charge on any atom is -0.504 e. The molecule has 0 radical (unpaired) electrons. The lowest BCUT2D eigenvalue weighted by molar-refractivity contribution is -0.153. The summed E-state index contributed by atoms with van der Waals surface area (Å²) in [5.41, 5.74) is 0.935. The fraction of sp³-hybridized carbons (Fsp3) is 0.619. The molecule has 0 aliphatic rings. The van der Waals surface area contributed by atoms with E-state index in [-0.39, 0.29) is 23.8 Å². The van der Waals surface area contributed by atoms with E-state index < -0.39 is 12.2 Å². The van der Waals surface area contributed by atoms with Gasteiger partial charge in [-0.05, 0) is 56.7 Å². The van der Waals surface area contributed by atoms with Crippen molar-refractivity contribution in [2.75, 3.05) is 7.11 Å². The predicted octanol–water partition coefficient (Wildman–Crippen LogP) is 3.14. The number of aliphatic hydroxyl groups excluding tert-OH is 1. The maximum Gasteiger partial charge on any atom is 0.302 e. The molecular formula is C21H32O7. The third-order valence-electron chi connectivity index (χ3n) is 4.34. The summed E-state index contributed by atoms with van der Waals surface area (Å²) in [6.07, 6.45) is 2.26. The van der Waals surface area contributed by atoms with Gasteiger partial charge in [0.15, 0.2) is 11.5 Å². The van der Waals surface area contributed by atoms with Crippen LogP contribution >= 0.6 is 0 Å². The fourth-order valence-electron chi connectivity index (χ4n) is 3.06. The summed E-state index contributed by atoms with van der Waals surface area (Å²) >= 11 is 0. The average molecular weight is 396 g/mol. The predicted molar refractivity (Wildman–Crippen MR) is 104 cm³/mol. The zero-order chi connectivity index (χ0) is 21.1. The van der Waals surface area contributed by atoms with E-state index in [0.717, 1.165) is 5.56 Å². The molecular weight excluding hydrogens is 364 g/mol. The molecule has 158 valence electrons. The summed E-state index contributed by atoms with van der Waals surface area (Å²) in [4.78, 5) is 22.9. The van der Waals surface area contributed by atoms with E-state index in [4.69, 9.17) is 14.2 Å². The lowest BCUT2D eigenvalue weighted by atomic mass is 9.99. The van der Waals surface area contributed by atoms with Crippen LogP contribution in [0.4, 0.5) is 0 Å². The van der Waals surface area contributed by atoms with E-state index in [2.05, 4.69) is 0 Å². The number of aromatic hydroxyl groups is 1. The maximum absolute atomic E-state index is 11.5. The summed E-state index contributed by atoms with van der Waals surface area (Å²) < 4.78 is 15.9. The van der Waals surface area contributed by atoms with Gasteiger partial charge in [0.25, 0.3) is 0 Å². The molecule has 2 N–H and O–H groups in total. The molecule has 3 atom stereocenters. The normalized spacial score (nSPS) is 14.0. The highest BCUT2D eigenvalue weighted by Crippen LogP contribution is 2.27. The van der Waals surface area contributed by atoms with E-state index in [1.165, 1.54) is 21.0 Å². The smallest absolute Gasteiger partial charge is 0.302 e. The molecule has 0 amide bonds.